The van der Waals surface area contributed by atoms with Crippen molar-refractivity contribution < 1.29 is 8.78 Å². The highest BCUT2D eigenvalue weighted by Crippen LogP contribution is 2.52. The summed E-state index contributed by atoms with van der Waals surface area (Å²) in [6.07, 6.45) is 0. The first-order valence-corrected chi connectivity index (χ1v) is 8.74. The van der Waals surface area contributed by atoms with Crippen LogP contribution in [-0.2, 0) is 5.41 Å². The topological polar surface area (TPSA) is 3.24 Å². The molecule has 0 fully saturated rings. The molecule has 1 aliphatic heterocycles. The Hall–Kier alpha value is -2.68. The smallest absolute Gasteiger partial charge is 0.130 e. The summed E-state index contributed by atoms with van der Waals surface area (Å²) >= 11 is 0. The van der Waals surface area contributed by atoms with Gasteiger partial charge in [0.1, 0.15) is 11.6 Å². The number of hydrogen-bond donors (Lipinski definition) is 0. The van der Waals surface area contributed by atoms with Crippen LogP contribution in [0.2, 0.25) is 0 Å². The fourth-order valence-electron chi connectivity index (χ4n) is 4.15. The van der Waals surface area contributed by atoms with Crippen LogP contribution in [0.1, 0.15) is 34.7 Å². The minimum Gasteiger partial charge on any atom is -0.344 e. The Morgan fingerprint density at radius 2 is 1.27 bits per heavy atom. The van der Waals surface area contributed by atoms with E-state index in [2.05, 4.69) is 41.3 Å². The van der Waals surface area contributed by atoms with Crippen LogP contribution in [0.15, 0.2) is 54.6 Å². The van der Waals surface area contributed by atoms with Crippen LogP contribution < -0.4 is 4.90 Å². The minimum atomic E-state index is -0.701. The highest BCUT2D eigenvalue weighted by Gasteiger charge is 2.42. The predicted octanol–water partition coefficient (Wildman–Crippen LogP) is 6.02. The van der Waals surface area contributed by atoms with Crippen molar-refractivity contribution in [1.29, 1.82) is 0 Å². The summed E-state index contributed by atoms with van der Waals surface area (Å²) in [6.45, 7) is 6.10. The fraction of sp³-hybridized carbons (Fsp3) is 0.217. The van der Waals surface area contributed by atoms with Gasteiger partial charge in [-0.05, 0) is 50.1 Å². The van der Waals surface area contributed by atoms with Crippen molar-refractivity contribution in [2.75, 3.05) is 11.9 Å². The average molecular weight is 349 g/mol. The molecule has 1 nitrogen and oxygen atoms in total. The van der Waals surface area contributed by atoms with Crippen LogP contribution in [-0.4, -0.2) is 7.05 Å². The van der Waals surface area contributed by atoms with Crippen molar-refractivity contribution in [1.82, 2.24) is 0 Å². The molecule has 0 saturated carbocycles. The molecule has 0 saturated heterocycles. The largest absolute Gasteiger partial charge is 0.344 e. The zero-order chi connectivity index (χ0) is 18.6. The Labute approximate surface area is 152 Å². The number of halogens is 2. The maximum absolute atomic E-state index is 14.9. The lowest BCUT2D eigenvalue weighted by atomic mass is 9.67. The van der Waals surface area contributed by atoms with Gasteiger partial charge in [-0.2, -0.15) is 0 Å². The lowest BCUT2D eigenvalue weighted by molar-refractivity contribution is 0.542. The molecule has 3 aromatic carbocycles. The van der Waals surface area contributed by atoms with Gasteiger partial charge < -0.3 is 4.90 Å². The van der Waals surface area contributed by atoms with Crippen LogP contribution in [0.3, 0.4) is 0 Å². The quantitative estimate of drug-likeness (QED) is 0.519. The van der Waals surface area contributed by atoms with E-state index >= 15 is 0 Å². The van der Waals surface area contributed by atoms with E-state index in [-0.39, 0.29) is 0 Å². The molecule has 0 atom stereocenters. The molecule has 132 valence electrons. The standard InChI is InChI=1S/C23H21F2N/c1-14-5-9-21-18(11-14)23(3,17-8-7-16(24)13-20(17)25)19-12-15(2)6-10-22(19)26(21)4/h5-13H,1-4H3. The number of fused-ring (bicyclic) bond motifs is 2. The summed E-state index contributed by atoms with van der Waals surface area (Å²) in [7, 11) is 2.03. The van der Waals surface area contributed by atoms with Gasteiger partial charge in [0.15, 0.2) is 0 Å². The molecule has 26 heavy (non-hydrogen) atoms. The summed E-state index contributed by atoms with van der Waals surface area (Å²) in [5, 5.41) is 0. The van der Waals surface area contributed by atoms with Gasteiger partial charge in [0.25, 0.3) is 0 Å². The first kappa shape index (κ1) is 16.8. The molecule has 0 bridgehead atoms. The molecule has 0 spiro atoms. The maximum Gasteiger partial charge on any atom is 0.130 e. The molecule has 0 aromatic heterocycles. The van der Waals surface area contributed by atoms with Crippen molar-refractivity contribution in [2.45, 2.75) is 26.2 Å². The molecule has 0 amide bonds. The molecule has 1 aliphatic rings. The summed E-state index contributed by atoms with van der Waals surface area (Å²) in [5.74, 6) is -1.08. The molecule has 0 aliphatic carbocycles. The Morgan fingerprint density at radius 1 is 0.731 bits per heavy atom. The SMILES string of the molecule is Cc1ccc2c(c1)C(C)(c1ccc(F)cc1F)c1cc(C)ccc1N2C. The first-order chi connectivity index (χ1) is 12.3. The zero-order valence-corrected chi connectivity index (χ0v) is 15.4. The zero-order valence-electron chi connectivity index (χ0n) is 15.4. The first-order valence-electron chi connectivity index (χ1n) is 8.74. The molecule has 0 N–H and O–H groups in total. The second-order valence-electron chi connectivity index (χ2n) is 7.35. The third kappa shape index (κ3) is 2.27. The van der Waals surface area contributed by atoms with E-state index in [1.165, 1.54) is 6.07 Å². The van der Waals surface area contributed by atoms with E-state index in [1.54, 1.807) is 6.07 Å². The molecular formula is C23H21F2N. The molecule has 0 radical (unpaired) electrons. The Morgan fingerprint density at radius 3 is 1.77 bits per heavy atom. The lowest BCUT2D eigenvalue weighted by Gasteiger charge is -2.43. The van der Waals surface area contributed by atoms with Crippen molar-refractivity contribution in [3.8, 4) is 0 Å². The second kappa shape index (κ2) is 5.66. The fourth-order valence-corrected chi connectivity index (χ4v) is 4.15. The number of nitrogens with zero attached hydrogens (tertiary/aromatic N) is 1. The third-order valence-corrected chi connectivity index (χ3v) is 5.57. The predicted molar refractivity (Wildman–Crippen MR) is 102 cm³/mol. The van der Waals surface area contributed by atoms with Gasteiger partial charge in [-0.3, -0.25) is 0 Å². The number of benzene rings is 3. The monoisotopic (exact) mass is 349 g/mol. The van der Waals surface area contributed by atoms with Gasteiger partial charge in [0, 0.05) is 35.5 Å². The van der Waals surface area contributed by atoms with E-state index in [1.807, 2.05) is 27.8 Å². The van der Waals surface area contributed by atoms with Crippen molar-refractivity contribution in [2.24, 2.45) is 0 Å². The van der Waals surface area contributed by atoms with Crippen molar-refractivity contribution in [3.05, 3.63) is 94.0 Å². The van der Waals surface area contributed by atoms with E-state index in [0.29, 0.717) is 5.56 Å². The normalized spacial score (nSPS) is 14.8. The van der Waals surface area contributed by atoms with E-state index < -0.39 is 17.0 Å². The molecular weight excluding hydrogens is 328 g/mol. The molecule has 1 heterocycles. The summed E-state index contributed by atoms with van der Waals surface area (Å²) in [5.41, 5.74) is 6.16. The van der Waals surface area contributed by atoms with Gasteiger partial charge in [-0.1, -0.05) is 41.5 Å². The second-order valence-corrected chi connectivity index (χ2v) is 7.35. The molecule has 3 heteroatoms. The summed E-state index contributed by atoms with van der Waals surface area (Å²) < 4.78 is 28.5. The van der Waals surface area contributed by atoms with Crippen LogP contribution in [0.5, 0.6) is 0 Å². The third-order valence-electron chi connectivity index (χ3n) is 5.57. The summed E-state index contributed by atoms with van der Waals surface area (Å²) in [4.78, 5) is 2.15. The van der Waals surface area contributed by atoms with Crippen molar-refractivity contribution >= 4 is 11.4 Å². The number of rotatable bonds is 1. The number of aryl methyl sites for hydroxylation is 2. The van der Waals surface area contributed by atoms with E-state index in [0.717, 1.165) is 39.7 Å². The van der Waals surface area contributed by atoms with Gasteiger partial charge in [0.2, 0.25) is 0 Å². The average Bonchev–Trinajstić information content (AvgIpc) is 2.59. The Kier molecular flexibility index (Phi) is 3.65. The maximum atomic E-state index is 14.9. The van der Waals surface area contributed by atoms with E-state index in [9.17, 15) is 8.78 Å². The Bertz CT molecular complexity index is 969. The van der Waals surface area contributed by atoms with Gasteiger partial charge in [-0.15, -0.1) is 0 Å². The lowest BCUT2D eigenvalue weighted by Crippen LogP contribution is -2.35. The molecule has 3 aromatic rings. The minimum absolute atomic E-state index is 0.491. The van der Waals surface area contributed by atoms with E-state index in [4.69, 9.17) is 0 Å². The Balaban J connectivity index is 2.13. The van der Waals surface area contributed by atoms with Gasteiger partial charge in [-0.25, -0.2) is 8.78 Å². The van der Waals surface area contributed by atoms with Crippen LogP contribution in [0.25, 0.3) is 0 Å². The molecule has 0 unspecified atom stereocenters. The highest BCUT2D eigenvalue weighted by molar-refractivity contribution is 5.80. The van der Waals surface area contributed by atoms with Crippen molar-refractivity contribution in [3.63, 3.8) is 0 Å². The van der Waals surface area contributed by atoms with Gasteiger partial charge >= 0.3 is 0 Å². The van der Waals surface area contributed by atoms with Crippen LogP contribution >= 0.6 is 0 Å². The number of hydrogen-bond acceptors (Lipinski definition) is 1. The highest BCUT2D eigenvalue weighted by atomic mass is 19.1. The van der Waals surface area contributed by atoms with Crippen LogP contribution in [0, 0.1) is 25.5 Å². The molecule has 4 rings (SSSR count). The van der Waals surface area contributed by atoms with Gasteiger partial charge in [0.05, 0.1) is 0 Å². The number of anilines is 2. The van der Waals surface area contributed by atoms with Crippen LogP contribution in [0.4, 0.5) is 20.2 Å². The summed E-state index contributed by atoms with van der Waals surface area (Å²) in [6, 6.07) is 16.4.